The Morgan fingerprint density at radius 2 is 1.74 bits per heavy atom. The molecule has 0 N–H and O–H groups in total. The normalized spacial score (nSPS) is 16.2. The molecule has 0 saturated heterocycles. The SMILES string of the molecule is CC(C)(C)OC(CC(=O)C(C)(C)C)C(C)(C)S(=O)c1cccs1. The minimum absolute atomic E-state index is 0.128. The molecule has 1 rings (SSSR count). The highest BCUT2D eigenvalue weighted by molar-refractivity contribution is 7.88. The Morgan fingerprint density at radius 1 is 1.17 bits per heavy atom. The zero-order valence-corrected chi connectivity index (χ0v) is 17.2. The van der Waals surface area contributed by atoms with Gasteiger partial charge in [-0.2, -0.15) is 0 Å². The van der Waals surface area contributed by atoms with E-state index in [1.165, 1.54) is 11.3 Å². The summed E-state index contributed by atoms with van der Waals surface area (Å²) in [5, 5.41) is 1.92. The highest BCUT2D eigenvalue weighted by atomic mass is 32.2. The minimum atomic E-state index is -1.23. The first-order chi connectivity index (χ1) is 10.2. The molecule has 0 saturated carbocycles. The molecule has 3 nitrogen and oxygen atoms in total. The van der Waals surface area contributed by atoms with E-state index in [-0.39, 0.29) is 12.2 Å². The van der Waals surface area contributed by atoms with Crippen LogP contribution >= 0.6 is 11.3 Å². The first-order valence-electron chi connectivity index (χ1n) is 7.91. The van der Waals surface area contributed by atoms with Crippen LogP contribution in [0.1, 0.15) is 61.8 Å². The molecule has 0 amide bonds. The van der Waals surface area contributed by atoms with Gasteiger partial charge in [-0.3, -0.25) is 9.00 Å². The summed E-state index contributed by atoms with van der Waals surface area (Å²) < 4.78 is 19.4. The summed E-state index contributed by atoms with van der Waals surface area (Å²) in [6.07, 6.45) is -0.137. The molecule has 23 heavy (non-hydrogen) atoms. The van der Waals surface area contributed by atoms with Crippen LogP contribution in [0.25, 0.3) is 0 Å². The van der Waals surface area contributed by atoms with Crippen LogP contribution in [-0.4, -0.2) is 26.4 Å². The van der Waals surface area contributed by atoms with Gasteiger partial charge in [0.1, 0.15) is 5.78 Å². The number of hydrogen-bond acceptors (Lipinski definition) is 4. The Balaban J connectivity index is 3.11. The molecular weight excluding hydrogens is 328 g/mol. The van der Waals surface area contributed by atoms with E-state index in [2.05, 4.69) is 0 Å². The van der Waals surface area contributed by atoms with E-state index >= 15 is 0 Å². The molecule has 0 bridgehead atoms. The van der Waals surface area contributed by atoms with E-state index in [0.29, 0.717) is 0 Å². The molecule has 0 aliphatic carbocycles. The molecule has 2 unspecified atom stereocenters. The molecule has 0 aliphatic heterocycles. The van der Waals surface area contributed by atoms with Gasteiger partial charge in [-0.1, -0.05) is 26.8 Å². The maximum atomic E-state index is 13.0. The van der Waals surface area contributed by atoms with Crippen molar-refractivity contribution in [2.45, 2.75) is 82.5 Å². The van der Waals surface area contributed by atoms with Crippen molar-refractivity contribution in [3.8, 4) is 0 Å². The number of ketones is 1. The van der Waals surface area contributed by atoms with Crippen molar-refractivity contribution in [2.75, 3.05) is 0 Å². The molecule has 1 aromatic rings. The largest absolute Gasteiger partial charge is 0.371 e. The van der Waals surface area contributed by atoms with Crippen LogP contribution < -0.4 is 0 Å². The number of ether oxygens (including phenoxy) is 1. The Labute approximate surface area is 147 Å². The van der Waals surface area contributed by atoms with Crippen LogP contribution in [0.2, 0.25) is 0 Å². The van der Waals surface area contributed by atoms with E-state index in [9.17, 15) is 9.00 Å². The van der Waals surface area contributed by atoms with Crippen molar-refractivity contribution in [3.63, 3.8) is 0 Å². The minimum Gasteiger partial charge on any atom is -0.371 e. The van der Waals surface area contributed by atoms with Gasteiger partial charge in [0, 0.05) is 11.8 Å². The molecule has 0 spiro atoms. The zero-order chi connectivity index (χ0) is 18.1. The lowest BCUT2D eigenvalue weighted by atomic mass is 9.85. The highest BCUT2D eigenvalue weighted by Gasteiger charge is 2.42. The second kappa shape index (κ2) is 7.16. The standard InChI is InChI=1S/C18H30O3S2/c1-16(2,3)13(19)12-14(21-17(4,5)6)18(7,8)23(20)15-10-9-11-22-15/h9-11,14H,12H2,1-8H3. The molecule has 0 aromatic carbocycles. The Hall–Kier alpha value is -0.520. The second-order valence-corrected chi connectivity index (χ2v) is 11.6. The van der Waals surface area contributed by atoms with Gasteiger partial charge in [0.05, 0.1) is 31.5 Å². The van der Waals surface area contributed by atoms with Gasteiger partial charge in [-0.05, 0) is 46.1 Å². The predicted molar refractivity (Wildman–Crippen MR) is 98.5 cm³/mol. The van der Waals surface area contributed by atoms with Crippen molar-refractivity contribution >= 4 is 27.9 Å². The molecule has 132 valence electrons. The van der Waals surface area contributed by atoms with Crippen molar-refractivity contribution in [1.29, 1.82) is 0 Å². The Morgan fingerprint density at radius 3 is 2.13 bits per heavy atom. The fourth-order valence-corrected chi connectivity index (χ4v) is 4.78. The number of thiophene rings is 1. The fourth-order valence-electron chi connectivity index (χ4n) is 2.08. The summed E-state index contributed by atoms with van der Waals surface area (Å²) in [5.41, 5.74) is -0.834. The molecule has 1 heterocycles. The molecule has 5 heteroatoms. The Kier molecular flexibility index (Phi) is 6.39. The number of carbonyl (C=O) groups is 1. The third-order valence-electron chi connectivity index (χ3n) is 3.63. The molecule has 1 aromatic heterocycles. The van der Waals surface area contributed by atoms with Crippen LogP contribution in [0, 0.1) is 5.41 Å². The van der Waals surface area contributed by atoms with Crippen molar-refractivity contribution in [1.82, 2.24) is 0 Å². The number of Topliss-reactive ketones (excluding diaryl/α,β-unsaturated/α-hetero) is 1. The average molecular weight is 359 g/mol. The summed E-state index contributed by atoms with van der Waals surface area (Å²) in [5.74, 6) is 0.128. The zero-order valence-electron chi connectivity index (χ0n) is 15.6. The number of hydrogen-bond donors (Lipinski definition) is 0. The van der Waals surface area contributed by atoms with Crippen LogP contribution in [0.5, 0.6) is 0 Å². The average Bonchev–Trinajstić information content (AvgIpc) is 2.87. The van der Waals surface area contributed by atoms with Crippen molar-refractivity contribution < 1.29 is 13.7 Å². The summed E-state index contributed by atoms with van der Waals surface area (Å²) in [7, 11) is -1.23. The summed E-state index contributed by atoms with van der Waals surface area (Å²) in [6.45, 7) is 15.5. The molecule has 0 aliphatic rings. The second-order valence-electron chi connectivity index (χ2n) is 8.40. The lowest BCUT2D eigenvalue weighted by molar-refractivity contribution is -0.134. The van der Waals surface area contributed by atoms with Gasteiger partial charge in [-0.25, -0.2) is 0 Å². The molecule has 0 fully saturated rings. The fraction of sp³-hybridized carbons (Fsp3) is 0.722. The molecular formula is C18H30O3S2. The first-order valence-corrected chi connectivity index (χ1v) is 9.94. The Bertz CT molecular complexity index is 546. The van der Waals surface area contributed by atoms with E-state index in [1.807, 2.05) is 72.9 Å². The number of carbonyl (C=O) groups excluding carboxylic acids is 1. The highest BCUT2D eigenvalue weighted by Crippen LogP contribution is 2.34. The summed E-state index contributed by atoms with van der Waals surface area (Å²) in [4.78, 5) is 12.5. The quantitative estimate of drug-likeness (QED) is 0.732. The molecule has 0 radical (unpaired) electrons. The monoisotopic (exact) mass is 358 g/mol. The summed E-state index contributed by atoms with van der Waals surface area (Å²) in [6, 6.07) is 3.77. The summed E-state index contributed by atoms with van der Waals surface area (Å²) >= 11 is 1.48. The number of rotatable bonds is 6. The topological polar surface area (TPSA) is 43.4 Å². The molecule has 2 atom stereocenters. The van der Waals surface area contributed by atoms with Crippen molar-refractivity contribution in [2.24, 2.45) is 5.41 Å². The van der Waals surface area contributed by atoms with Gasteiger partial charge in [-0.15, -0.1) is 11.3 Å². The lowest BCUT2D eigenvalue weighted by Gasteiger charge is -2.38. The van der Waals surface area contributed by atoms with E-state index in [0.717, 1.165) is 4.21 Å². The van der Waals surface area contributed by atoms with Gasteiger partial charge in [0.2, 0.25) is 0 Å². The third-order valence-corrected chi connectivity index (χ3v) is 6.76. The van der Waals surface area contributed by atoms with E-state index < -0.39 is 32.7 Å². The van der Waals surface area contributed by atoms with E-state index in [4.69, 9.17) is 4.74 Å². The predicted octanol–water partition coefficient (Wildman–Crippen LogP) is 4.82. The third kappa shape index (κ3) is 5.80. The van der Waals surface area contributed by atoms with E-state index in [1.54, 1.807) is 0 Å². The van der Waals surface area contributed by atoms with Gasteiger partial charge < -0.3 is 4.74 Å². The van der Waals surface area contributed by atoms with Gasteiger partial charge in [0.15, 0.2) is 0 Å². The van der Waals surface area contributed by atoms with Crippen molar-refractivity contribution in [3.05, 3.63) is 17.5 Å². The maximum absolute atomic E-state index is 13.0. The van der Waals surface area contributed by atoms with Crippen LogP contribution in [-0.2, 0) is 20.3 Å². The first kappa shape index (κ1) is 20.5. The van der Waals surface area contributed by atoms with Gasteiger partial charge >= 0.3 is 0 Å². The van der Waals surface area contributed by atoms with Gasteiger partial charge in [0.25, 0.3) is 0 Å². The lowest BCUT2D eigenvalue weighted by Crippen LogP contribution is -2.47. The van der Waals surface area contributed by atoms with Crippen LogP contribution in [0.4, 0.5) is 0 Å². The maximum Gasteiger partial charge on any atom is 0.140 e. The van der Waals surface area contributed by atoms with Crippen LogP contribution in [0.15, 0.2) is 21.7 Å². The van der Waals surface area contributed by atoms with Crippen LogP contribution in [0.3, 0.4) is 0 Å². The smallest absolute Gasteiger partial charge is 0.140 e.